The fourth-order valence-corrected chi connectivity index (χ4v) is 5.15. The van der Waals surface area contributed by atoms with Crippen LogP contribution in [0.15, 0.2) is 54.6 Å². The number of nitrogens with one attached hydrogen (secondary N) is 2. The number of pyridine rings is 2. The monoisotopic (exact) mass is 496 g/mol. The van der Waals surface area contributed by atoms with Crippen molar-refractivity contribution in [2.75, 3.05) is 16.8 Å². The lowest BCUT2D eigenvalue weighted by Gasteiger charge is -2.33. The molecule has 186 valence electrons. The summed E-state index contributed by atoms with van der Waals surface area (Å²) in [4.78, 5) is 34.9. The molecule has 2 amide bonds. The van der Waals surface area contributed by atoms with Crippen molar-refractivity contribution in [2.24, 2.45) is 0 Å². The van der Waals surface area contributed by atoms with Crippen LogP contribution in [-0.2, 0) is 16.1 Å². The second-order valence-corrected chi connectivity index (χ2v) is 9.32. The summed E-state index contributed by atoms with van der Waals surface area (Å²) in [7, 11) is 0. The first kappa shape index (κ1) is 22.9. The quantitative estimate of drug-likeness (QED) is 0.550. The zero-order valence-corrected chi connectivity index (χ0v) is 19.9. The molecule has 0 bridgehead atoms. The first-order valence-corrected chi connectivity index (χ1v) is 12.2. The number of benzene rings is 1. The number of carbonyl (C=O) groups is 2. The van der Waals surface area contributed by atoms with E-state index in [0.29, 0.717) is 36.0 Å². The van der Waals surface area contributed by atoms with Gasteiger partial charge in [-0.3, -0.25) is 9.69 Å². The number of anilines is 2. The van der Waals surface area contributed by atoms with Crippen LogP contribution in [0.25, 0.3) is 11.3 Å². The number of nitrogens with zero attached hydrogens (tertiary/aromatic N) is 4. The van der Waals surface area contributed by atoms with Gasteiger partial charge in [-0.2, -0.15) is 5.26 Å². The Kier molecular flexibility index (Phi) is 5.90. The summed E-state index contributed by atoms with van der Waals surface area (Å²) in [5, 5.41) is 15.4. The highest BCUT2D eigenvalue weighted by Crippen LogP contribution is 2.37. The Bertz CT molecular complexity index is 1420. The third-order valence-electron chi connectivity index (χ3n) is 6.93. The van der Waals surface area contributed by atoms with E-state index in [1.165, 1.54) is 0 Å². The van der Waals surface area contributed by atoms with E-state index < -0.39 is 6.09 Å². The maximum Gasteiger partial charge on any atom is 0.416 e. The van der Waals surface area contributed by atoms with Gasteiger partial charge in [0.2, 0.25) is 0 Å². The summed E-state index contributed by atoms with van der Waals surface area (Å²) >= 11 is 0. The third-order valence-corrected chi connectivity index (χ3v) is 6.93. The minimum Gasteiger partial charge on any atom is -0.480 e. The second kappa shape index (κ2) is 9.52. The van der Waals surface area contributed by atoms with Crippen molar-refractivity contribution < 1.29 is 19.1 Å². The van der Waals surface area contributed by atoms with E-state index in [4.69, 9.17) is 14.7 Å². The smallest absolute Gasteiger partial charge is 0.416 e. The highest BCUT2D eigenvalue weighted by Gasteiger charge is 2.46. The van der Waals surface area contributed by atoms with E-state index in [2.05, 4.69) is 38.8 Å². The number of hydrogen-bond donors (Lipinski definition) is 2. The van der Waals surface area contributed by atoms with Crippen LogP contribution < -0.4 is 20.3 Å². The molecule has 1 aromatic carbocycles. The Hall–Kier alpha value is -4.49. The number of hydrogen-bond acceptors (Lipinski definition) is 8. The molecule has 4 heterocycles. The van der Waals surface area contributed by atoms with E-state index >= 15 is 0 Å². The Morgan fingerprint density at radius 1 is 1.11 bits per heavy atom. The normalized spacial score (nSPS) is 22.2. The highest BCUT2D eigenvalue weighted by atomic mass is 16.6. The van der Waals surface area contributed by atoms with Crippen molar-refractivity contribution in [3.05, 3.63) is 65.9 Å². The van der Waals surface area contributed by atoms with Crippen LogP contribution in [0.1, 0.15) is 30.5 Å². The van der Waals surface area contributed by atoms with E-state index in [9.17, 15) is 9.59 Å². The summed E-state index contributed by atoms with van der Waals surface area (Å²) in [5.41, 5.74) is 3.22. The van der Waals surface area contributed by atoms with Crippen molar-refractivity contribution >= 4 is 23.6 Å². The molecule has 0 spiro atoms. The van der Waals surface area contributed by atoms with Crippen LogP contribution in [-0.4, -0.2) is 46.8 Å². The Labute approximate surface area is 213 Å². The van der Waals surface area contributed by atoms with Crippen LogP contribution in [0.2, 0.25) is 0 Å². The molecule has 3 atom stereocenters. The molecule has 2 N–H and O–H groups in total. The number of aromatic nitrogens is 2. The minimum atomic E-state index is -0.425. The number of amides is 2. The fraction of sp³-hybridized carbons (Fsp3) is 0.296. The molecule has 1 aliphatic carbocycles. The van der Waals surface area contributed by atoms with Gasteiger partial charge in [0.05, 0.1) is 11.7 Å². The van der Waals surface area contributed by atoms with Crippen LogP contribution in [0.5, 0.6) is 5.75 Å². The topological polar surface area (TPSA) is 129 Å². The minimum absolute atomic E-state index is 0.0472. The van der Waals surface area contributed by atoms with E-state index in [1.807, 2.05) is 24.3 Å². The van der Waals surface area contributed by atoms with E-state index in [0.717, 1.165) is 29.7 Å². The third kappa shape index (κ3) is 4.57. The summed E-state index contributed by atoms with van der Waals surface area (Å²) < 4.78 is 11.1. The fourth-order valence-electron chi connectivity index (χ4n) is 5.15. The first-order valence-electron chi connectivity index (χ1n) is 12.2. The number of carbonyl (C=O) groups excluding carboxylic acids is 2. The summed E-state index contributed by atoms with van der Waals surface area (Å²) in [6.45, 7) is 0.617. The zero-order chi connectivity index (χ0) is 25.4. The van der Waals surface area contributed by atoms with Gasteiger partial charge in [-0.25, -0.2) is 14.8 Å². The van der Waals surface area contributed by atoms with Gasteiger partial charge in [-0.15, -0.1) is 0 Å². The molecule has 3 aromatic rings. The first-order chi connectivity index (χ1) is 18.1. The maximum absolute atomic E-state index is 12.8. The Balaban J connectivity index is 1.10. The molecule has 1 saturated carbocycles. The lowest BCUT2D eigenvalue weighted by Crippen LogP contribution is -2.46. The van der Waals surface area contributed by atoms with Crippen LogP contribution in [0.3, 0.4) is 0 Å². The lowest BCUT2D eigenvalue weighted by molar-refractivity contribution is -0.118. The molecule has 1 saturated heterocycles. The summed E-state index contributed by atoms with van der Waals surface area (Å²) in [5.74, 6) is 0.970. The molecule has 1 unspecified atom stereocenters. The molecule has 10 heteroatoms. The molecular weight excluding hydrogens is 472 g/mol. The highest BCUT2D eigenvalue weighted by molar-refractivity contribution is 5.95. The molecular formula is C27H24N6O4. The zero-order valence-electron chi connectivity index (χ0n) is 19.9. The van der Waals surface area contributed by atoms with Crippen molar-refractivity contribution in [1.29, 1.82) is 5.26 Å². The molecule has 6 rings (SSSR count). The van der Waals surface area contributed by atoms with Crippen molar-refractivity contribution in [3.8, 4) is 23.1 Å². The predicted molar refractivity (Wildman–Crippen MR) is 134 cm³/mol. The number of nitriles is 1. The molecule has 2 aromatic heterocycles. The SMILES string of the molecule is N#Cc1cccc(-c2cccc(CN[C@H]3CCC4[C@H](C3)OC(=O)N4c3ccc4c(n3)NC(=O)CO4)c2)n1. The maximum atomic E-state index is 12.8. The van der Waals surface area contributed by atoms with E-state index in [-0.39, 0.29) is 30.7 Å². The largest absolute Gasteiger partial charge is 0.480 e. The molecule has 10 nitrogen and oxygen atoms in total. The van der Waals surface area contributed by atoms with Gasteiger partial charge in [-0.1, -0.05) is 24.3 Å². The molecule has 3 aliphatic rings. The predicted octanol–water partition coefficient (Wildman–Crippen LogP) is 3.38. The Morgan fingerprint density at radius 3 is 2.89 bits per heavy atom. The van der Waals surface area contributed by atoms with Crippen molar-refractivity contribution in [3.63, 3.8) is 0 Å². The van der Waals surface area contributed by atoms with Gasteiger partial charge in [0.25, 0.3) is 5.91 Å². The van der Waals surface area contributed by atoms with E-state index in [1.54, 1.807) is 23.1 Å². The van der Waals surface area contributed by atoms with Gasteiger partial charge < -0.3 is 20.1 Å². The second-order valence-electron chi connectivity index (χ2n) is 9.32. The average Bonchev–Trinajstić information content (AvgIpc) is 3.26. The summed E-state index contributed by atoms with van der Waals surface area (Å²) in [6.07, 6.45) is 1.67. The van der Waals surface area contributed by atoms with Gasteiger partial charge in [0.1, 0.15) is 23.7 Å². The average molecular weight is 497 g/mol. The van der Waals surface area contributed by atoms with Crippen LogP contribution >= 0.6 is 0 Å². The van der Waals surface area contributed by atoms with Crippen LogP contribution in [0, 0.1) is 11.3 Å². The van der Waals surface area contributed by atoms with Crippen LogP contribution in [0.4, 0.5) is 16.4 Å². The van der Waals surface area contributed by atoms with Gasteiger partial charge in [-0.05, 0) is 48.7 Å². The van der Waals surface area contributed by atoms with Crippen molar-refractivity contribution in [1.82, 2.24) is 15.3 Å². The van der Waals surface area contributed by atoms with Gasteiger partial charge >= 0.3 is 6.09 Å². The number of rotatable bonds is 5. The Morgan fingerprint density at radius 2 is 2.00 bits per heavy atom. The van der Waals surface area contributed by atoms with Gasteiger partial charge in [0, 0.05) is 24.6 Å². The number of fused-ring (bicyclic) bond motifs is 2. The molecule has 37 heavy (non-hydrogen) atoms. The number of ether oxygens (including phenoxy) is 2. The van der Waals surface area contributed by atoms with Crippen molar-refractivity contribution in [2.45, 2.75) is 44.0 Å². The molecule has 2 aliphatic heterocycles. The summed E-state index contributed by atoms with van der Waals surface area (Å²) in [6, 6.07) is 19.1. The lowest BCUT2D eigenvalue weighted by atomic mass is 9.88. The molecule has 0 radical (unpaired) electrons. The standard InChI is InChI=1S/C27H24N6O4/c28-13-19-5-2-6-20(30-19)17-4-1-3-16(11-17)14-29-18-7-8-21-23(12-18)37-27(35)33(21)24-10-9-22-26(31-24)32-25(34)15-36-22/h1-6,9-11,18,21,23,29H,7-8,12,14-15H2,(H,31,32,34)/t18-,21?,23-/m0/s1. The molecule has 2 fully saturated rings. The van der Waals surface area contributed by atoms with Gasteiger partial charge in [0.15, 0.2) is 18.2 Å².